The first-order chi connectivity index (χ1) is 7.35. The topological polar surface area (TPSA) is 42.4 Å². The standard InChI is InChI=1S/C12H20N2O/c1-2-11-4-3-6-14(11)9-12-10(8-13)5-7-15-12/h5,7,11H,2-4,6,8-9,13H2,1H3. The summed E-state index contributed by atoms with van der Waals surface area (Å²) >= 11 is 0. The molecule has 2 rings (SSSR count). The summed E-state index contributed by atoms with van der Waals surface area (Å²) in [5, 5.41) is 0. The lowest BCUT2D eigenvalue weighted by Crippen LogP contribution is -2.28. The van der Waals surface area contributed by atoms with Gasteiger partial charge in [0.05, 0.1) is 12.8 Å². The lowest BCUT2D eigenvalue weighted by molar-refractivity contribution is 0.220. The Balaban J connectivity index is 2.01. The van der Waals surface area contributed by atoms with Gasteiger partial charge in [-0.2, -0.15) is 0 Å². The Labute approximate surface area is 91.2 Å². The minimum Gasteiger partial charge on any atom is -0.468 e. The van der Waals surface area contributed by atoms with E-state index in [1.807, 2.05) is 6.07 Å². The van der Waals surface area contributed by atoms with Crippen molar-refractivity contribution in [2.24, 2.45) is 5.73 Å². The summed E-state index contributed by atoms with van der Waals surface area (Å²) in [5.41, 5.74) is 6.81. The quantitative estimate of drug-likeness (QED) is 0.824. The van der Waals surface area contributed by atoms with Crippen LogP contribution in [0.1, 0.15) is 37.5 Å². The van der Waals surface area contributed by atoms with Crippen molar-refractivity contribution in [1.29, 1.82) is 0 Å². The van der Waals surface area contributed by atoms with Gasteiger partial charge in [0.15, 0.2) is 0 Å². The third-order valence-electron chi connectivity index (χ3n) is 3.37. The number of hydrogen-bond donors (Lipinski definition) is 1. The van der Waals surface area contributed by atoms with Gasteiger partial charge >= 0.3 is 0 Å². The molecular formula is C12H20N2O. The van der Waals surface area contributed by atoms with Gasteiger partial charge in [-0.15, -0.1) is 0 Å². The van der Waals surface area contributed by atoms with E-state index in [2.05, 4.69) is 11.8 Å². The normalized spacial score (nSPS) is 22.4. The highest BCUT2D eigenvalue weighted by atomic mass is 16.3. The van der Waals surface area contributed by atoms with E-state index in [9.17, 15) is 0 Å². The number of nitrogens with two attached hydrogens (primary N) is 1. The number of nitrogens with zero attached hydrogens (tertiary/aromatic N) is 1. The molecule has 1 saturated heterocycles. The maximum atomic E-state index is 5.66. The maximum absolute atomic E-state index is 5.66. The van der Waals surface area contributed by atoms with Crippen LogP contribution in [-0.2, 0) is 13.1 Å². The third kappa shape index (κ3) is 2.24. The zero-order chi connectivity index (χ0) is 10.7. The molecule has 1 unspecified atom stereocenters. The molecule has 1 aliphatic heterocycles. The molecule has 1 atom stereocenters. The molecular weight excluding hydrogens is 188 g/mol. The molecule has 0 saturated carbocycles. The van der Waals surface area contributed by atoms with Crippen molar-refractivity contribution in [2.45, 2.75) is 45.3 Å². The van der Waals surface area contributed by atoms with E-state index in [0.29, 0.717) is 6.54 Å². The highest BCUT2D eigenvalue weighted by molar-refractivity contribution is 5.16. The summed E-state index contributed by atoms with van der Waals surface area (Å²) in [6.45, 7) is 4.96. The van der Waals surface area contributed by atoms with E-state index in [1.165, 1.54) is 25.8 Å². The Morgan fingerprint density at radius 3 is 3.20 bits per heavy atom. The van der Waals surface area contributed by atoms with E-state index in [0.717, 1.165) is 23.9 Å². The van der Waals surface area contributed by atoms with Crippen molar-refractivity contribution in [2.75, 3.05) is 6.54 Å². The van der Waals surface area contributed by atoms with Gasteiger partial charge < -0.3 is 10.2 Å². The van der Waals surface area contributed by atoms with Gasteiger partial charge in [-0.3, -0.25) is 4.90 Å². The van der Waals surface area contributed by atoms with Crippen LogP contribution in [0.25, 0.3) is 0 Å². The van der Waals surface area contributed by atoms with Gasteiger partial charge in [-0.25, -0.2) is 0 Å². The van der Waals surface area contributed by atoms with Crippen LogP contribution in [-0.4, -0.2) is 17.5 Å². The van der Waals surface area contributed by atoms with E-state index in [1.54, 1.807) is 6.26 Å². The molecule has 1 aromatic rings. The molecule has 2 N–H and O–H groups in total. The predicted molar refractivity (Wildman–Crippen MR) is 60.3 cm³/mol. The molecule has 0 spiro atoms. The van der Waals surface area contributed by atoms with Crippen molar-refractivity contribution >= 4 is 0 Å². The first-order valence-corrected chi connectivity index (χ1v) is 5.84. The van der Waals surface area contributed by atoms with Crippen LogP contribution in [0.5, 0.6) is 0 Å². The Bertz CT molecular complexity index is 308. The molecule has 0 amide bonds. The second kappa shape index (κ2) is 4.81. The van der Waals surface area contributed by atoms with E-state index >= 15 is 0 Å². The van der Waals surface area contributed by atoms with E-state index in [4.69, 9.17) is 10.2 Å². The van der Waals surface area contributed by atoms with Crippen LogP contribution in [0.15, 0.2) is 16.7 Å². The third-order valence-corrected chi connectivity index (χ3v) is 3.37. The monoisotopic (exact) mass is 208 g/mol. The maximum Gasteiger partial charge on any atom is 0.122 e. The zero-order valence-electron chi connectivity index (χ0n) is 9.41. The molecule has 84 valence electrons. The molecule has 2 heterocycles. The zero-order valence-corrected chi connectivity index (χ0v) is 9.41. The summed E-state index contributed by atoms with van der Waals surface area (Å²) in [7, 11) is 0. The summed E-state index contributed by atoms with van der Waals surface area (Å²) in [5.74, 6) is 1.05. The highest BCUT2D eigenvalue weighted by Crippen LogP contribution is 2.23. The fraction of sp³-hybridized carbons (Fsp3) is 0.667. The minimum absolute atomic E-state index is 0.580. The Morgan fingerprint density at radius 1 is 1.60 bits per heavy atom. The molecule has 1 aliphatic rings. The van der Waals surface area contributed by atoms with Crippen LogP contribution in [0, 0.1) is 0 Å². The second-order valence-corrected chi connectivity index (χ2v) is 4.25. The van der Waals surface area contributed by atoms with Crippen LogP contribution in [0.4, 0.5) is 0 Å². The van der Waals surface area contributed by atoms with Crippen molar-refractivity contribution in [3.8, 4) is 0 Å². The number of furan rings is 1. The summed E-state index contributed by atoms with van der Waals surface area (Å²) < 4.78 is 5.49. The molecule has 1 aromatic heterocycles. The SMILES string of the molecule is CCC1CCCN1Cc1occc1CN. The van der Waals surface area contributed by atoms with Crippen LogP contribution in [0.2, 0.25) is 0 Å². The number of rotatable bonds is 4. The van der Waals surface area contributed by atoms with E-state index in [-0.39, 0.29) is 0 Å². The highest BCUT2D eigenvalue weighted by Gasteiger charge is 2.24. The van der Waals surface area contributed by atoms with Crippen LogP contribution < -0.4 is 5.73 Å². The fourth-order valence-corrected chi connectivity index (χ4v) is 2.44. The van der Waals surface area contributed by atoms with Crippen molar-refractivity contribution in [3.63, 3.8) is 0 Å². The van der Waals surface area contributed by atoms with Crippen molar-refractivity contribution in [3.05, 3.63) is 23.7 Å². The average molecular weight is 208 g/mol. The molecule has 0 radical (unpaired) electrons. The van der Waals surface area contributed by atoms with Crippen LogP contribution in [0.3, 0.4) is 0 Å². The molecule has 0 aliphatic carbocycles. The van der Waals surface area contributed by atoms with E-state index < -0.39 is 0 Å². The van der Waals surface area contributed by atoms with Crippen molar-refractivity contribution in [1.82, 2.24) is 4.90 Å². The molecule has 3 nitrogen and oxygen atoms in total. The molecule has 15 heavy (non-hydrogen) atoms. The van der Waals surface area contributed by atoms with Gasteiger partial charge in [0.25, 0.3) is 0 Å². The fourth-order valence-electron chi connectivity index (χ4n) is 2.44. The Morgan fingerprint density at radius 2 is 2.47 bits per heavy atom. The Kier molecular flexibility index (Phi) is 3.44. The van der Waals surface area contributed by atoms with Gasteiger partial charge in [-0.05, 0) is 31.9 Å². The molecule has 1 fully saturated rings. The number of hydrogen-bond acceptors (Lipinski definition) is 3. The molecule has 0 bridgehead atoms. The minimum atomic E-state index is 0.580. The molecule has 0 aromatic carbocycles. The summed E-state index contributed by atoms with van der Waals surface area (Å²) in [4.78, 5) is 2.51. The van der Waals surface area contributed by atoms with Crippen molar-refractivity contribution < 1.29 is 4.42 Å². The lowest BCUT2D eigenvalue weighted by atomic mass is 10.1. The predicted octanol–water partition coefficient (Wildman–Crippen LogP) is 2.11. The first-order valence-electron chi connectivity index (χ1n) is 5.84. The lowest BCUT2D eigenvalue weighted by Gasteiger charge is -2.22. The summed E-state index contributed by atoms with van der Waals surface area (Å²) in [6.07, 6.45) is 5.62. The van der Waals surface area contributed by atoms with Gasteiger partial charge in [0.1, 0.15) is 5.76 Å². The molecule has 3 heteroatoms. The first kappa shape index (κ1) is 10.7. The largest absolute Gasteiger partial charge is 0.468 e. The smallest absolute Gasteiger partial charge is 0.122 e. The number of likely N-dealkylation sites (tertiary alicyclic amines) is 1. The van der Waals surface area contributed by atoms with Gasteiger partial charge in [0, 0.05) is 18.2 Å². The van der Waals surface area contributed by atoms with Crippen LogP contribution >= 0.6 is 0 Å². The summed E-state index contributed by atoms with van der Waals surface area (Å²) in [6, 6.07) is 2.72. The second-order valence-electron chi connectivity index (χ2n) is 4.25. The Hall–Kier alpha value is -0.800. The van der Waals surface area contributed by atoms with Gasteiger partial charge in [-0.1, -0.05) is 6.92 Å². The van der Waals surface area contributed by atoms with Gasteiger partial charge in [0.2, 0.25) is 0 Å². The average Bonchev–Trinajstić information content (AvgIpc) is 2.87.